The van der Waals surface area contributed by atoms with Crippen LogP contribution in [0.3, 0.4) is 0 Å². The van der Waals surface area contributed by atoms with E-state index in [1.54, 1.807) is 0 Å². The van der Waals surface area contributed by atoms with Crippen molar-refractivity contribution in [3.05, 3.63) is 0 Å². The molecule has 1 heterocycles. The lowest BCUT2D eigenvalue weighted by molar-refractivity contribution is 0.0432. The van der Waals surface area contributed by atoms with Crippen molar-refractivity contribution in [3.63, 3.8) is 0 Å². The van der Waals surface area contributed by atoms with Crippen LogP contribution < -0.4 is 5.32 Å². The molecule has 0 aromatic heterocycles. The SMILES string of the molecule is CCNCC(C)(C)CN1CCCC(C)(O)CC1. The molecule has 3 nitrogen and oxygen atoms in total. The summed E-state index contributed by atoms with van der Waals surface area (Å²) in [7, 11) is 0. The minimum absolute atomic E-state index is 0.312. The molecule has 0 aromatic rings. The monoisotopic (exact) mass is 242 g/mol. The lowest BCUT2D eigenvalue weighted by atomic mass is 9.92. The van der Waals surface area contributed by atoms with E-state index in [0.29, 0.717) is 5.41 Å². The zero-order chi connectivity index (χ0) is 12.9. The van der Waals surface area contributed by atoms with E-state index in [2.05, 4.69) is 31.0 Å². The summed E-state index contributed by atoms with van der Waals surface area (Å²) in [6.45, 7) is 14.1. The summed E-state index contributed by atoms with van der Waals surface area (Å²) in [5.41, 5.74) is -0.132. The zero-order valence-electron chi connectivity index (χ0n) is 12.1. The Kier molecular flexibility index (Phi) is 5.42. The van der Waals surface area contributed by atoms with Gasteiger partial charge in [-0.2, -0.15) is 0 Å². The Morgan fingerprint density at radius 3 is 2.65 bits per heavy atom. The normalized spacial score (nSPS) is 28.1. The molecule has 1 saturated heterocycles. The summed E-state index contributed by atoms with van der Waals surface area (Å²) in [5.74, 6) is 0. The van der Waals surface area contributed by atoms with Gasteiger partial charge in [-0.3, -0.25) is 0 Å². The molecule has 0 saturated carbocycles. The smallest absolute Gasteiger partial charge is 0.0632 e. The third kappa shape index (κ3) is 5.84. The summed E-state index contributed by atoms with van der Waals surface area (Å²) in [6, 6.07) is 0. The highest BCUT2D eigenvalue weighted by atomic mass is 16.3. The largest absolute Gasteiger partial charge is 0.390 e. The van der Waals surface area contributed by atoms with Gasteiger partial charge in [-0.1, -0.05) is 20.8 Å². The molecule has 0 aliphatic carbocycles. The second-order valence-corrected chi connectivity index (χ2v) is 6.57. The molecule has 102 valence electrons. The molecule has 0 radical (unpaired) electrons. The third-order valence-electron chi connectivity index (χ3n) is 3.66. The van der Waals surface area contributed by atoms with Gasteiger partial charge in [0, 0.05) is 19.6 Å². The van der Waals surface area contributed by atoms with Crippen molar-refractivity contribution in [2.75, 3.05) is 32.7 Å². The van der Waals surface area contributed by atoms with Crippen molar-refractivity contribution < 1.29 is 5.11 Å². The molecule has 0 aromatic carbocycles. The number of nitrogens with one attached hydrogen (secondary N) is 1. The van der Waals surface area contributed by atoms with Gasteiger partial charge in [0.1, 0.15) is 0 Å². The van der Waals surface area contributed by atoms with Crippen LogP contribution in [0, 0.1) is 5.41 Å². The molecule has 1 fully saturated rings. The van der Waals surface area contributed by atoms with Crippen molar-refractivity contribution in [1.29, 1.82) is 0 Å². The van der Waals surface area contributed by atoms with E-state index in [1.807, 2.05) is 6.92 Å². The predicted octanol–water partition coefficient (Wildman–Crippen LogP) is 1.86. The minimum atomic E-state index is -0.444. The molecule has 1 aliphatic heterocycles. The van der Waals surface area contributed by atoms with Gasteiger partial charge in [0.15, 0.2) is 0 Å². The van der Waals surface area contributed by atoms with Crippen LogP contribution >= 0.6 is 0 Å². The maximum atomic E-state index is 10.1. The van der Waals surface area contributed by atoms with Gasteiger partial charge < -0.3 is 15.3 Å². The summed E-state index contributed by atoms with van der Waals surface area (Å²) >= 11 is 0. The Balaban J connectivity index is 2.40. The van der Waals surface area contributed by atoms with Crippen LogP contribution in [-0.2, 0) is 0 Å². The first kappa shape index (κ1) is 14.9. The second-order valence-electron chi connectivity index (χ2n) is 6.57. The van der Waals surface area contributed by atoms with Crippen LogP contribution in [0.25, 0.3) is 0 Å². The number of hydrogen-bond acceptors (Lipinski definition) is 3. The van der Waals surface area contributed by atoms with E-state index in [9.17, 15) is 5.11 Å². The maximum absolute atomic E-state index is 10.1. The molecule has 3 heteroatoms. The Morgan fingerprint density at radius 2 is 2.00 bits per heavy atom. The Labute approximate surface area is 107 Å². The Bertz CT molecular complexity index is 226. The predicted molar refractivity (Wildman–Crippen MR) is 73.2 cm³/mol. The maximum Gasteiger partial charge on any atom is 0.0632 e. The summed E-state index contributed by atoms with van der Waals surface area (Å²) < 4.78 is 0. The van der Waals surface area contributed by atoms with E-state index in [0.717, 1.165) is 52.0 Å². The fourth-order valence-electron chi connectivity index (χ4n) is 2.60. The van der Waals surface area contributed by atoms with Crippen LogP contribution in [0.1, 0.15) is 47.0 Å². The number of rotatable bonds is 5. The first-order chi connectivity index (χ1) is 7.85. The molecule has 1 rings (SSSR count). The average Bonchev–Trinajstić information content (AvgIpc) is 2.37. The fourth-order valence-corrected chi connectivity index (χ4v) is 2.60. The van der Waals surface area contributed by atoms with Crippen molar-refractivity contribution in [2.24, 2.45) is 5.41 Å². The molecule has 0 bridgehead atoms. The number of aliphatic hydroxyl groups is 1. The fraction of sp³-hybridized carbons (Fsp3) is 1.00. The molecule has 0 amide bonds. The van der Waals surface area contributed by atoms with Crippen LogP contribution in [0.4, 0.5) is 0 Å². The third-order valence-corrected chi connectivity index (χ3v) is 3.66. The first-order valence-corrected chi connectivity index (χ1v) is 7.00. The molecular formula is C14H30N2O. The van der Waals surface area contributed by atoms with Gasteiger partial charge in [0.2, 0.25) is 0 Å². The molecule has 1 unspecified atom stereocenters. The van der Waals surface area contributed by atoms with E-state index in [4.69, 9.17) is 0 Å². The molecule has 1 aliphatic rings. The highest BCUT2D eigenvalue weighted by molar-refractivity contribution is 4.82. The molecule has 2 N–H and O–H groups in total. The van der Waals surface area contributed by atoms with E-state index in [1.165, 1.54) is 0 Å². The minimum Gasteiger partial charge on any atom is -0.390 e. The van der Waals surface area contributed by atoms with Crippen LogP contribution in [-0.4, -0.2) is 48.3 Å². The standard InChI is InChI=1S/C14H30N2O/c1-5-15-11-13(2,3)12-16-9-6-7-14(4,17)8-10-16/h15,17H,5-12H2,1-4H3. The van der Waals surface area contributed by atoms with Crippen molar-refractivity contribution in [1.82, 2.24) is 10.2 Å². The van der Waals surface area contributed by atoms with E-state index < -0.39 is 5.60 Å². The quantitative estimate of drug-likeness (QED) is 0.772. The Morgan fingerprint density at radius 1 is 1.29 bits per heavy atom. The highest BCUT2D eigenvalue weighted by Crippen LogP contribution is 2.24. The van der Waals surface area contributed by atoms with E-state index >= 15 is 0 Å². The molecular weight excluding hydrogens is 212 g/mol. The summed E-state index contributed by atoms with van der Waals surface area (Å²) in [6.07, 6.45) is 2.96. The lowest BCUT2D eigenvalue weighted by Crippen LogP contribution is -2.41. The van der Waals surface area contributed by atoms with Gasteiger partial charge >= 0.3 is 0 Å². The number of nitrogens with zero attached hydrogens (tertiary/aromatic N) is 1. The van der Waals surface area contributed by atoms with E-state index in [-0.39, 0.29) is 0 Å². The average molecular weight is 242 g/mol. The summed E-state index contributed by atoms with van der Waals surface area (Å²) in [4.78, 5) is 2.51. The molecule has 17 heavy (non-hydrogen) atoms. The number of hydrogen-bond donors (Lipinski definition) is 2. The molecule has 0 spiro atoms. The highest BCUT2D eigenvalue weighted by Gasteiger charge is 2.28. The Hall–Kier alpha value is -0.120. The van der Waals surface area contributed by atoms with Crippen molar-refractivity contribution in [3.8, 4) is 0 Å². The van der Waals surface area contributed by atoms with Gasteiger partial charge in [-0.25, -0.2) is 0 Å². The van der Waals surface area contributed by atoms with Crippen LogP contribution in [0.5, 0.6) is 0 Å². The van der Waals surface area contributed by atoms with Crippen molar-refractivity contribution in [2.45, 2.75) is 52.6 Å². The van der Waals surface area contributed by atoms with Gasteiger partial charge in [0.25, 0.3) is 0 Å². The van der Waals surface area contributed by atoms with Gasteiger partial charge in [-0.05, 0) is 44.7 Å². The lowest BCUT2D eigenvalue weighted by Gasteiger charge is -2.32. The first-order valence-electron chi connectivity index (χ1n) is 7.00. The van der Waals surface area contributed by atoms with Gasteiger partial charge in [-0.15, -0.1) is 0 Å². The second kappa shape index (κ2) is 6.17. The van der Waals surface area contributed by atoms with Crippen LogP contribution in [0.15, 0.2) is 0 Å². The van der Waals surface area contributed by atoms with Crippen LogP contribution in [0.2, 0.25) is 0 Å². The van der Waals surface area contributed by atoms with Crippen molar-refractivity contribution >= 4 is 0 Å². The zero-order valence-corrected chi connectivity index (χ0v) is 12.1. The summed E-state index contributed by atoms with van der Waals surface area (Å²) in [5, 5.41) is 13.5. The molecule has 1 atom stereocenters. The van der Waals surface area contributed by atoms with Gasteiger partial charge in [0.05, 0.1) is 5.60 Å². The number of likely N-dealkylation sites (tertiary alicyclic amines) is 1. The topological polar surface area (TPSA) is 35.5 Å².